The van der Waals surface area contributed by atoms with Crippen molar-refractivity contribution in [1.29, 1.82) is 0 Å². The van der Waals surface area contributed by atoms with Crippen molar-refractivity contribution in [3.8, 4) is 5.75 Å². The van der Waals surface area contributed by atoms with Gasteiger partial charge >= 0.3 is 6.18 Å². The number of aromatic nitrogens is 1. The molecule has 0 atom stereocenters. The highest BCUT2D eigenvalue weighted by Gasteiger charge is 2.44. The third-order valence-corrected chi connectivity index (χ3v) is 6.30. The fourth-order valence-electron chi connectivity index (χ4n) is 4.78. The summed E-state index contributed by atoms with van der Waals surface area (Å²) in [7, 11) is 0. The Hall–Kier alpha value is -2.52. The number of ether oxygens (including phenoxy) is 1. The zero-order valence-corrected chi connectivity index (χ0v) is 18.2. The quantitative estimate of drug-likeness (QED) is 0.747. The summed E-state index contributed by atoms with van der Waals surface area (Å²) in [6.45, 7) is 5.11. The number of amides is 1. The number of aliphatic hydroxyl groups excluding tert-OH is 1. The number of likely N-dealkylation sites (tertiary alicyclic amines) is 1. The zero-order chi connectivity index (χ0) is 23.1. The number of piperidine rings is 1. The van der Waals surface area contributed by atoms with Crippen molar-refractivity contribution >= 4 is 5.91 Å². The molecule has 1 aromatic heterocycles. The highest BCUT2D eigenvalue weighted by atomic mass is 19.4. The summed E-state index contributed by atoms with van der Waals surface area (Å²) in [5, 5.41) is 13.1. The molecule has 3 heterocycles. The number of aliphatic hydroxyl groups is 1. The lowest BCUT2D eigenvalue weighted by Gasteiger charge is -2.45. The summed E-state index contributed by atoms with van der Waals surface area (Å²) in [5.74, 6) is 0.386. The smallest absolute Gasteiger partial charge is 0.431 e. The number of nitrogens with zero attached hydrogens (tertiary/aromatic N) is 2. The van der Waals surface area contributed by atoms with Crippen LogP contribution >= 0.6 is 0 Å². The monoisotopic (exact) mass is 451 g/mol. The van der Waals surface area contributed by atoms with Gasteiger partial charge in [-0.05, 0) is 57.0 Å². The predicted octanol–water partition coefficient (Wildman–Crippen LogP) is 3.52. The Morgan fingerprint density at radius 2 is 1.91 bits per heavy atom. The molecule has 2 N–H and O–H groups in total. The second-order valence-electron chi connectivity index (χ2n) is 8.70. The molecule has 1 spiro atoms. The molecule has 9 heteroatoms. The van der Waals surface area contributed by atoms with E-state index in [1.165, 1.54) is 4.57 Å². The van der Waals surface area contributed by atoms with E-state index >= 15 is 0 Å². The van der Waals surface area contributed by atoms with Crippen LogP contribution in [0.15, 0.2) is 30.3 Å². The minimum absolute atomic E-state index is 0.0556. The van der Waals surface area contributed by atoms with Crippen LogP contribution < -0.4 is 10.1 Å². The Morgan fingerprint density at radius 3 is 2.53 bits per heavy atom. The van der Waals surface area contributed by atoms with Crippen LogP contribution in [0.25, 0.3) is 0 Å². The lowest BCUT2D eigenvalue weighted by Crippen LogP contribution is -2.56. The van der Waals surface area contributed by atoms with Gasteiger partial charge in [0.05, 0.1) is 18.2 Å². The third kappa shape index (κ3) is 4.11. The van der Waals surface area contributed by atoms with Gasteiger partial charge in [0.15, 0.2) is 0 Å². The molecule has 0 aliphatic carbocycles. The van der Waals surface area contributed by atoms with Crippen molar-refractivity contribution in [1.82, 2.24) is 14.8 Å². The van der Waals surface area contributed by atoms with E-state index in [4.69, 9.17) is 4.74 Å². The first-order valence-electron chi connectivity index (χ1n) is 10.9. The van der Waals surface area contributed by atoms with Crippen LogP contribution in [0.4, 0.5) is 13.2 Å². The molecule has 4 rings (SSSR count). The van der Waals surface area contributed by atoms with Crippen molar-refractivity contribution in [3.05, 3.63) is 52.8 Å². The van der Waals surface area contributed by atoms with Crippen LogP contribution in [-0.4, -0.2) is 46.2 Å². The van der Waals surface area contributed by atoms with E-state index in [0.29, 0.717) is 55.0 Å². The van der Waals surface area contributed by atoms with Gasteiger partial charge in [-0.25, -0.2) is 0 Å². The van der Waals surface area contributed by atoms with Crippen molar-refractivity contribution in [3.63, 3.8) is 0 Å². The second kappa shape index (κ2) is 8.44. The normalized spacial score (nSPS) is 18.2. The van der Waals surface area contributed by atoms with Gasteiger partial charge in [0, 0.05) is 43.0 Å². The average molecular weight is 451 g/mol. The van der Waals surface area contributed by atoms with Gasteiger partial charge in [-0.1, -0.05) is 0 Å². The van der Waals surface area contributed by atoms with Crippen molar-refractivity contribution in [2.75, 3.05) is 19.6 Å². The van der Waals surface area contributed by atoms with E-state index in [0.717, 1.165) is 6.07 Å². The third-order valence-electron chi connectivity index (χ3n) is 6.30. The van der Waals surface area contributed by atoms with Crippen LogP contribution in [0.3, 0.4) is 0 Å². The maximum absolute atomic E-state index is 13.4. The number of alkyl halides is 3. The Balaban J connectivity index is 1.50. The highest BCUT2D eigenvalue weighted by Crippen LogP contribution is 2.40. The predicted molar refractivity (Wildman–Crippen MR) is 112 cm³/mol. The van der Waals surface area contributed by atoms with E-state index in [-0.39, 0.29) is 25.2 Å². The second-order valence-corrected chi connectivity index (χ2v) is 8.70. The standard InChI is InChI=1S/C23H28F3N3O3/c1-15(2)32-18-4-3-16(13-17(18)14-30)21(31)28-10-7-22(8-11-28)19-5-6-20(23(24,25)26)29(19)12-9-27-22/h3-6,13,15,27,30H,7-12,14H2,1-2H3. The number of nitrogens with one attached hydrogen (secondary N) is 1. The molecule has 2 aliphatic rings. The summed E-state index contributed by atoms with van der Waals surface area (Å²) in [5.41, 5.74) is 0.460. The number of hydrogen-bond donors (Lipinski definition) is 2. The van der Waals surface area contributed by atoms with Crippen LogP contribution in [0.5, 0.6) is 5.75 Å². The van der Waals surface area contributed by atoms with E-state index in [1.54, 1.807) is 29.2 Å². The number of halogens is 3. The molecule has 1 fully saturated rings. The number of rotatable bonds is 4. The van der Waals surface area contributed by atoms with Crippen LogP contribution in [0.1, 0.15) is 54.0 Å². The van der Waals surface area contributed by atoms with E-state index in [2.05, 4.69) is 5.32 Å². The van der Waals surface area contributed by atoms with Gasteiger partial charge in [0.2, 0.25) is 0 Å². The fourth-order valence-corrected chi connectivity index (χ4v) is 4.78. The Morgan fingerprint density at radius 1 is 1.19 bits per heavy atom. The summed E-state index contributed by atoms with van der Waals surface area (Å²) < 4.78 is 47.1. The Labute approximate surface area is 185 Å². The molecule has 6 nitrogen and oxygen atoms in total. The molecule has 2 aliphatic heterocycles. The SMILES string of the molecule is CC(C)Oc1ccc(C(=O)N2CCC3(CC2)NCCn2c(C(F)(F)F)ccc23)cc1CO. The summed E-state index contributed by atoms with van der Waals surface area (Å²) in [4.78, 5) is 14.8. The summed E-state index contributed by atoms with van der Waals surface area (Å²) in [6, 6.07) is 7.73. The average Bonchev–Trinajstić information content (AvgIpc) is 3.20. The molecule has 1 amide bonds. The van der Waals surface area contributed by atoms with Crippen LogP contribution in [0.2, 0.25) is 0 Å². The van der Waals surface area contributed by atoms with Crippen LogP contribution in [0, 0.1) is 0 Å². The zero-order valence-electron chi connectivity index (χ0n) is 18.2. The number of carbonyl (C=O) groups excluding carboxylic acids is 1. The number of benzene rings is 1. The molecule has 0 unspecified atom stereocenters. The molecule has 0 bridgehead atoms. The Bertz CT molecular complexity index is 992. The summed E-state index contributed by atoms with van der Waals surface area (Å²) >= 11 is 0. The lowest BCUT2D eigenvalue weighted by atomic mass is 9.83. The molecule has 1 saturated heterocycles. The Kier molecular flexibility index (Phi) is 5.98. The van der Waals surface area contributed by atoms with Crippen molar-refractivity contribution in [2.45, 2.75) is 57.7 Å². The first kappa shape index (κ1) is 22.7. The van der Waals surface area contributed by atoms with E-state index in [1.807, 2.05) is 13.8 Å². The maximum Gasteiger partial charge on any atom is 0.431 e. The molecule has 2 aromatic rings. The van der Waals surface area contributed by atoms with Crippen molar-refractivity contribution in [2.24, 2.45) is 0 Å². The minimum Gasteiger partial charge on any atom is -0.491 e. The van der Waals surface area contributed by atoms with Gasteiger partial charge in [0.1, 0.15) is 11.4 Å². The number of hydrogen-bond acceptors (Lipinski definition) is 4. The molecule has 174 valence electrons. The minimum atomic E-state index is -4.39. The van der Waals surface area contributed by atoms with Crippen molar-refractivity contribution < 1.29 is 27.8 Å². The van der Waals surface area contributed by atoms with E-state index < -0.39 is 17.4 Å². The first-order valence-corrected chi connectivity index (χ1v) is 10.9. The molecular formula is C23H28F3N3O3. The van der Waals surface area contributed by atoms with Gasteiger partial charge in [-0.15, -0.1) is 0 Å². The van der Waals surface area contributed by atoms with Gasteiger partial charge in [-0.2, -0.15) is 13.2 Å². The summed E-state index contributed by atoms with van der Waals surface area (Å²) in [6.07, 6.45) is -3.38. The molecular weight excluding hydrogens is 423 g/mol. The van der Waals surface area contributed by atoms with Gasteiger partial charge in [0.25, 0.3) is 5.91 Å². The first-order chi connectivity index (χ1) is 15.1. The lowest BCUT2D eigenvalue weighted by molar-refractivity contribution is -0.144. The molecule has 0 radical (unpaired) electrons. The maximum atomic E-state index is 13.4. The van der Waals surface area contributed by atoms with Crippen LogP contribution in [-0.2, 0) is 24.9 Å². The topological polar surface area (TPSA) is 66.7 Å². The molecule has 1 aromatic carbocycles. The number of fused-ring (bicyclic) bond motifs is 2. The molecule has 0 saturated carbocycles. The highest BCUT2D eigenvalue weighted by molar-refractivity contribution is 5.94. The molecule has 32 heavy (non-hydrogen) atoms. The largest absolute Gasteiger partial charge is 0.491 e. The fraction of sp³-hybridized carbons (Fsp3) is 0.522. The van der Waals surface area contributed by atoms with Gasteiger partial charge in [-0.3, -0.25) is 4.79 Å². The number of carbonyl (C=O) groups is 1. The van der Waals surface area contributed by atoms with E-state index in [9.17, 15) is 23.1 Å². The van der Waals surface area contributed by atoms with Gasteiger partial charge < -0.3 is 24.6 Å².